The van der Waals surface area contributed by atoms with Gasteiger partial charge in [-0.3, -0.25) is 0 Å². The Kier molecular flexibility index (Phi) is 7.95. The van der Waals surface area contributed by atoms with Crippen LogP contribution in [0.15, 0.2) is 93.8 Å². The van der Waals surface area contributed by atoms with Crippen LogP contribution in [-0.2, 0) is 4.43 Å². The highest BCUT2D eigenvalue weighted by molar-refractivity contribution is 8.02. The SMILES string of the molecule is C[Si](C)(C)OC1=CC(C(/C=C/Sc2ccccc2)Sc2ccccc2)CCC1. The van der Waals surface area contributed by atoms with Crippen LogP contribution < -0.4 is 0 Å². The summed E-state index contributed by atoms with van der Waals surface area (Å²) in [6.45, 7) is 6.80. The Morgan fingerprint density at radius 2 is 1.61 bits per heavy atom. The summed E-state index contributed by atoms with van der Waals surface area (Å²) in [7, 11) is -1.55. The van der Waals surface area contributed by atoms with Crippen molar-refractivity contribution in [2.24, 2.45) is 5.92 Å². The molecular formula is C24H30OS2Si. The number of rotatable bonds is 8. The smallest absolute Gasteiger partial charge is 0.241 e. The summed E-state index contributed by atoms with van der Waals surface area (Å²) in [6.07, 6.45) is 8.33. The molecule has 2 aromatic rings. The van der Waals surface area contributed by atoms with E-state index < -0.39 is 8.32 Å². The van der Waals surface area contributed by atoms with E-state index in [9.17, 15) is 0 Å². The predicted molar refractivity (Wildman–Crippen MR) is 127 cm³/mol. The van der Waals surface area contributed by atoms with Gasteiger partial charge in [-0.25, -0.2) is 0 Å². The molecule has 1 nitrogen and oxygen atoms in total. The molecule has 2 atom stereocenters. The zero-order valence-electron chi connectivity index (χ0n) is 17.0. The van der Waals surface area contributed by atoms with Crippen molar-refractivity contribution in [3.8, 4) is 0 Å². The summed E-state index contributed by atoms with van der Waals surface area (Å²) in [6, 6.07) is 21.3. The van der Waals surface area contributed by atoms with Crippen LogP contribution in [0.4, 0.5) is 0 Å². The first-order chi connectivity index (χ1) is 13.5. The van der Waals surface area contributed by atoms with Gasteiger partial charge in [0.25, 0.3) is 0 Å². The fourth-order valence-electron chi connectivity index (χ4n) is 3.27. The monoisotopic (exact) mass is 426 g/mol. The topological polar surface area (TPSA) is 9.23 Å². The molecule has 28 heavy (non-hydrogen) atoms. The van der Waals surface area contributed by atoms with Crippen LogP contribution in [0, 0.1) is 5.92 Å². The van der Waals surface area contributed by atoms with Crippen LogP contribution in [0.2, 0.25) is 19.6 Å². The van der Waals surface area contributed by atoms with E-state index in [1.54, 1.807) is 11.8 Å². The summed E-state index contributed by atoms with van der Waals surface area (Å²) < 4.78 is 6.34. The van der Waals surface area contributed by atoms with Crippen LogP contribution in [0.3, 0.4) is 0 Å². The summed E-state index contributed by atoms with van der Waals surface area (Å²) in [5.41, 5.74) is 0. The highest BCUT2D eigenvalue weighted by atomic mass is 32.2. The van der Waals surface area contributed by atoms with Crippen molar-refractivity contribution in [3.63, 3.8) is 0 Å². The minimum atomic E-state index is -1.55. The van der Waals surface area contributed by atoms with E-state index in [1.165, 1.54) is 28.4 Å². The lowest BCUT2D eigenvalue weighted by Gasteiger charge is -2.30. The predicted octanol–water partition coefficient (Wildman–Crippen LogP) is 7.99. The normalized spacial score (nSPS) is 18.7. The maximum absolute atomic E-state index is 6.34. The largest absolute Gasteiger partial charge is 0.548 e. The quantitative estimate of drug-likeness (QED) is 0.313. The molecular weight excluding hydrogens is 396 g/mol. The molecule has 0 bridgehead atoms. The molecule has 0 fully saturated rings. The van der Waals surface area contributed by atoms with Gasteiger partial charge in [-0.1, -0.05) is 54.2 Å². The highest BCUT2D eigenvalue weighted by Crippen LogP contribution is 2.37. The minimum Gasteiger partial charge on any atom is -0.548 e. The second kappa shape index (κ2) is 10.4. The van der Waals surface area contributed by atoms with Crippen molar-refractivity contribution in [1.29, 1.82) is 0 Å². The minimum absolute atomic E-state index is 0.416. The van der Waals surface area contributed by atoms with E-state index in [2.05, 4.69) is 97.9 Å². The van der Waals surface area contributed by atoms with Crippen molar-refractivity contribution in [3.05, 3.63) is 84.0 Å². The van der Waals surface area contributed by atoms with E-state index in [1.807, 2.05) is 11.8 Å². The van der Waals surface area contributed by atoms with Crippen LogP contribution in [0.1, 0.15) is 19.3 Å². The molecule has 4 heteroatoms. The van der Waals surface area contributed by atoms with Crippen LogP contribution in [0.25, 0.3) is 0 Å². The first-order valence-corrected chi connectivity index (χ1v) is 15.2. The van der Waals surface area contributed by atoms with Crippen LogP contribution >= 0.6 is 23.5 Å². The average molecular weight is 427 g/mol. The molecule has 0 aromatic heterocycles. The molecule has 0 saturated heterocycles. The Hall–Kier alpha value is -1.36. The molecule has 0 heterocycles. The number of hydrogen-bond donors (Lipinski definition) is 0. The zero-order chi connectivity index (χ0) is 19.8. The molecule has 2 aromatic carbocycles. The molecule has 1 aliphatic carbocycles. The Balaban J connectivity index is 1.76. The standard InChI is InChI=1S/C24H30OS2Si/c1-28(2,3)25-21-12-10-11-20(19-21)24(27-23-15-8-5-9-16-23)17-18-26-22-13-6-4-7-14-22/h4-9,13-20,24H,10-12H2,1-3H3/b18-17+. The lowest BCUT2D eigenvalue weighted by molar-refractivity contribution is 0.360. The molecule has 148 valence electrons. The molecule has 0 N–H and O–H groups in total. The summed E-state index contributed by atoms with van der Waals surface area (Å²) in [4.78, 5) is 2.61. The molecule has 0 saturated carbocycles. The van der Waals surface area contributed by atoms with Gasteiger partial charge in [0.05, 0.1) is 5.76 Å². The van der Waals surface area contributed by atoms with Gasteiger partial charge in [0, 0.05) is 21.5 Å². The van der Waals surface area contributed by atoms with Crippen LogP contribution in [0.5, 0.6) is 0 Å². The number of allylic oxidation sites excluding steroid dienone is 2. The molecule has 1 aliphatic rings. The lowest BCUT2D eigenvalue weighted by atomic mass is 9.92. The Bertz CT molecular complexity index is 781. The third-order valence-electron chi connectivity index (χ3n) is 4.45. The third-order valence-corrected chi connectivity index (χ3v) is 7.49. The zero-order valence-corrected chi connectivity index (χ0v) is 19.6. The van der Waals surface area contributed by atoms with Crippen molar-refractivity contribution in [2.75, 3.05) is 0 Å². The van der Waals surface area contributed by atoms with Crippen molar-refractivity contribution < 1.29 is 4.43 Å². The van der Waals surface area contributed by atoms with Gasteiger partial charge < -0.3 is 4.43 Å². The van der Waals surface area contributed by atoms with Crippen LogP contribution in [-0.4, -0.2) is 13.6 Å². The summed E-state index contributed by atoms with van der Waals surface area (Å²) in [5.74, 6) is 1.73. The molecule has 3 rings (SSSR count). The fraction of sp³-hybridized carbons (Fsp3) is 0.333. The first kappa shape index (κ1) is 21.3. The Morgan fingerprint density at radius 3 is 2.25 bits per heavy atom. The van der Waals surface area contributed by atoms with Gasteiger partial charge in [-0.15, -0.1) is 11.8 Å². The van der Waals surface area contributed by atoms with E-state index in [0.717, 1.165) is 6.42 Å². The van der Waals surface area contributed by atoms with Gasteiger partial charge in [-0.2, -0.15) is 0 Å². The van der Waals surface area contributed by atoms with Gasteiger partial charge in [0.2, 0.25) is 8.32 Å². The maximum atomic E-state index is 6.34. The van der Waals surface area contributed by atoms with E-state index in [4.69, 9.17) is 4.43 Å². The number of thioether (sulfide) groups is 2. The van der Waals surface area contributed by atoms with Crippen molar-refractivity contribution in [2.45, 2.75) is 53.9 Å². The second-order valence-electron chi connectivity index (χ2n) is 8.06. The molecule has 0 amide bonds. The second-order valence-corrected chi connectivity index (χ2v) is 14.7. The summed E-state index contributed by atoms with van der Waals surface area (Å²) >= 11 is 3.76. The van der Waals surface area contributed by atoms with E-state index >= 15 is 0 Å². The fourth-order valence-corrected chi connectivity index (χ4v) is 6.23. The molecule has 0 spiro atoms. The van der Waals surface area contributed by atoms with Gasteiger partial charge >= 0.3 is 0 Å². The molecule has 0 aliphatic heterocycles. The Labute approximate surface area is 179 Å². The lowest BCUT2D eigenvalue weighted by Crippen LogP contribution is -2.27. The van der Waals surface area contributed by atoms with Crippen molar-refractivity contribution in [1.82, 2.24) is 0 Å². The van der Waals surface area contributed by atoms with Gasteiger partial charge in [-0.05, 0) is 74.2 Å². The number of hydrogen-bond acceptors (Lipinski definition) is 3. The molecule has 0 radical (unpaired) electrons. The Morgan fingerprint density at radius 1 is 0.964 bits per heavy atom. The maximum Gasteiger partial charge on any atom is 0.241 e. The third kappa shape index (κ3) is 7.23. The highest BCUT2D eigenvalue weighted by Gasteiger charge is 2.25. The molecule has 2 unspecified atom stereocenters. The first-order valence-electron chi connectivity index (χ1n) is 9.99. The van der Waals surface area contributed by atoms with E-state index in [0.29, 0.717) is 11.2 Å². The average Bonchev–Trinajstić information content (AvgIpc) is 2.68. The van der Waals surface area contributed by atoms with Gasteiger partial charge in [0.1, 0.15) is 0 Å². The summed E-state index contributed by atoms with van der Waals surface area (Å²) in [5, 5.41) is 2.68. The van der Waals surface area contributed by atoms with Crippen molar-refractivity contribution >= 4 is 31.8 Å². The number of benzene rings is 2. The van der Waals surface area contributed by atoms with E-state index in [-0.39, 0.29) is 0 Å². The van der Waals surface area contributed by atoms with Gasteiger partial charge in [0.15, 0.2) is 0 Å².